The topological polar surface area (TPSA) is 49.4 Å². The molecular weight excluding hydrogens is 279 g/mol. The zero-order chi connectivity index (χ0) is 14.7. The van der Waals surface area contributed by atoms with Crippen LogP contribution in [0, 0.1) is 5.82 Å². The number of benzene rings is 1. The lowest BCUT2D eigenvalue weighted by Crippen LogP contribution is -2.51. The lowest BCUT2D eigenvalue weighted by atomic mass is 10.00. The number of amides is 2. The maximum Gasteiger partial charge on any atom is 0.257 e. The van der Waals surface area contributed by atoms with Crippen LogP contribution in [0.25, 0.3) is 0 Å². The van der Waals surface area contributed by atoms with Gasteiger partial charge in [-0.15, -0.1) is 12.6 Å². The summed E-state index contributed by atoms with van der Waals surface area (Å²) in [6, 6.07) is 3.58. The number of rotatable bonds is 2. The molecule has 0 spiro atoms. The van der Waals surface area contributed by atoms with Gasteiger partial charge in [0.25, 0.3) is 5.91 Å². The van der Waals surface area contributed by atoms with Crippen LogP contribution in [-0.4, -0.2) is 36.3 Å². The van der Waals surface area contributed by atoms with Gasteiger partial charge >= 0.3 is 0 Å². The smallest absolute Gasteiger partial charge is 0.257 e. The van der Waals surface area contributed by atoms with E-state index in [1.165, 1.54) is 30.1 Å². The Kier molecular flexibility index (Phi) is 4.65. The summed E-state index contributed by atoms with van der Waals surface area (Å²) in [6.45, 7) is 0.465. The Hall–Kier alpha value is -1.56. The lowest BCUT2D eigenvalue weighted by molar-refractivity contribution is -0.126. The van der Waals surface area contributed by atoms with E-state index in [9.17, 15) is 14.0 Å². The highest BCUT2D eigenvalue weighted by molar-refractivity contribution is 7.80. The number of thiol groups is 1. The highest BCUT2D eigenvalue weighted by Gasteiger charge is 2.33. The van der Waals surface area contributed by atoms with E-state index in [0.29, 0.717) is 17.9 Å². The Labute approximate surface area is 122 Å². The van der Waals surface area contributed by atoms with Gasteiger partial charge in [0.2, 0.25) is 5.91 Å². The van der Waals surface area contributed by atoms with E-state index in [2.05, 4.69) is 17.9 Å². The molecule has 1 saturated heterocycles. The molecule has 1 aliphatic rings. The monoisotopic (exact) mass is 296 g/mol. The standard InChI is InChI=1S/C14H17FN2O2S/c1-16-13(18)12-4-2-3-7-17(12)14(19)10-8-9(20)5-6-11(10)15/h5-6,8,12,20H,2-4,7H2,1H3,(H,16,18). The summed E-state index contributed by atoms with van der Waals surface area (Å²) >= 11 is 4.12. The van der Waals surface area contributed by atoms with E-state index in [-0.39, 0.29) is 11.5 Å². The quantitative estimate of drug-likeness (QED) is 0.818. The third kappa shape index (κ3) is 2.95. The van der Waals surface area contributed by atoms with Crippen molar-refractivity contribution in [2.75, 3.05) is 13.6 Å². The van der Waals surface area contributed by atoms with E-state index in [1.807, 2.05) is 0 Å². The first-order valence-electron chi connectivity index (χ1n) is 6.55. The molecule has 2 rings (SSSR count). The van der Waals surface area contributed by atoms with E-state index in [4.69, 9.17) is 0 Å². The van der Waals surface area contributed by atoms with Gasteiger partial charge in [0.05, 0.1) is 5.56 Å². The van der Waals surface area contributed by atoms with Crippen LogP contribution in [0.15, 0.2) is 23.1 Å². The number of hydrogen-bond donors (Lipinski definition) is 2. The molecule has 2 amide bonds. The molecule has 0 radical (unpaired) electrons. The maximum absolute atomic E-state index is 13.8. The van der Waals surface area contributed by atoms with Crippen LogP contribution in [0.2, 0.25) is 0 Å². The predicted molar refractivity (Wildman–Crippen MR) is 76.4 cm³/mol. The predicted octanol–water partition coefficient (Wildman–Crippen LogP) is 1.86. The summed E-state index contributed by atoms with van der Waals surface area (Å²) in [6.07, 6.45) is 2.31. The molecule has 1 aromatic carbocycles. The second kappa shape index (κ2) is 6.26. The molecular formula is C14H17FN2O2S. The number of nitrogens with one attached hydrogen (secondary N) is 1. The van der Waals surface area contributed by atoms with Crippen LogP contribution < -0.4 is 5.32 Å². The summed E-state index contributed by atoms with van der Waals surface area (Å²) in [5.74, 6) is -1.25. The van der Waals surface area contributed by atoms with Crippen LogP contribution in [0.4, 0.5) is 4.39 Å². The number of likely N-dealkylation sites (tertiary alicyclic amines) is 1. The van der Waals surface area contributed by atoms with Crippen molar-refractivity contribution in [2.24, 2.45) is 0 Å². The Balaban J connectivity index is 2.30. The number of hydrogen-bond acceptors (Lipinski definition) is 3. The second-order valence-corrected chi connectivity index (χ2v) is 5.30. The first-order chi connectivity index (χ1) is 9.54. The molecule has 1 unspecified atom stereocenters. The molecule has 20 heavy (non-hydrogen) atoms. The lowest BCUT2D eigenvalue weighted by Gasteiger charge is -2.34. The van der Waals surface area contributed by atoms with E-state index < -0.39 is 17.8 Å². The summed E-state index contributed by atoms with van der Waals surface area (Å²) in [5.41, 5.74) is -0.0340. The average molecular weight is 296 g/mol. The molecule has 4 nitrogen and oxygen atoms in total. The zero-order valence-electron chi connectivity index (χ0n) is 11.2. The van der Waals surface area contributed by atoms with Crippen molar-refractivity contribution >= 4 is 24.4 Å². The molecule has 1 fully saturated rings. The van der Waals surface area contributed by atoms with Crippen molar-refractivity contribution in [3.05, 3.63) is 29.6 Å². The van der Waals surface area contributed by atoms with Gasteiger partial charge in [0.1, 0.15) is 11.9 Å². The number of halogens is 1. The Bertz CT molecular complexity index is 536. The molecule has 0 aromatic heterocycles. The van der Waals surface area contributed by atoms with Crippen LogP contribution >= 0.6 is 12.6 Å². The van der Waals surface area contributed by atoms with Gasteiger partial charge in [-0.25, -0.2) is 4.39 Å². The fourth-order valence-corrected chi connectivity index (χ4v) is 2.65. The molecule has 0 aliphatic carbocycles. The molecule has 1 heterocycles. The van der Waals surface area contributed by atoms with Crippen molar-refractivity contribution in [3.8, 4) is 0 Å². The maximum atomic E-state index is 13.8. The Morgan fingerprint density at radius 1 is 1.40 bits per heavy atom. The molecule has 108 valence electrons. The fraction of sp³-hybridized carbons (Fsp3) is 0.429. The Morgan fingerprint density at radius 3 is 2.85 bits per heavy atom. The van der Waals surface area contributed by atoms with E-state index in [0.717, 1.165) is 12.8 Å². The first kappa shape index (κ1) is 14.8. The number of likely N-dealkylation sites (N-methyl/N-ethyl adjacent to an activating group) is 1. The van der Waals surface area contributed by atoms with Crippen molar-refractivity contribution in [1.29, 1.82) is 0 Å². The number of nitrogens with zero attached hydrogens (tertiary/aromatic N) is 1. The van der Waals surface area contributed by atoms with Crippen LogP contribution in [0.3, 0.4) is 0 Å². The minimum atomic E-state index is -0.589. The number of piperidine rings is 1. The van der Waals surface area contributed by atoms with Gasteiger partial charge in [-0.2, -0.15) is 0 Å². The summed E-state index contributed by atoms with van der Waals surface area (Å²) in [4.78, 5) is 26.3. The largest absolute Gasteiger partial charge is 0.357 e. The highest BCUT2D eigenvalue weighted by Crippen LogP contribution is 2.22. The molecule has 1 N–H and O–H groups in total. The summed E-state index contributed by atoms with van der Waals surface area (Å²) in [7, 11) is 1.54. The molecule has 0 bridgehead atoms. The van der Waals surface area contributed by atoms with Gasteiger partial charge in [-0.05, 0) is 37.5 Å². The minimum absolute atomic E-state index is 0.0340. The van der Waals surface area contributed by atoms with Crippen molar-refractivity contribution in [3.63, 3.8) is 0 Å². The van der Waals surface area contributed by atoms with Gasteiger partial charge < -0.3 is 10.2 Å². The second-order valence-electron chi connectivity index (χ2n) is 4.79. The van der Waals surface area contributed by atoms with Crippen LogP contribution in [-0.2, 0) is 4.79 Å². The van der Waals surface area contributed by atoms with Gasteiger partial charge in [-0.3, -0.25) is 9.59 Å². The highest BCUT2D eigenvalue weighted by atomic mass is 32.1. The molecule has 0 saturated carbocycles. The summed E-state index contributed by atoms with van der Waals surface area (Å²) < 4.78 is 13.8. The molecule has 1 atom stereocenters. The Morgan fingerprint density at radius 2 is 2.15 bits per heavy atom. The third-order valence-corrected chi connectivity index (χ3v) is 3.77. The van der Waals surface area contributed by atoms with Crippen LogP contribution in [0.5, 0.6) is 0 Å². The van der Waals surface area contributed by atoms with Gasteiger partial charge in [-0.1, -0.05) is 0 Å². The number of carbonyl (C=O) groups excluding carboxylic acids is 2. The average Bonchev–Trinajstić information content (AvgIpc) is 2.48. The summed E-state index contributed by atoms with van der Waals surface area (Å²) in [5, 5.41) is 2.56. The number of carbonyl (C=O) groups is 2. The van der Waals surface area contributed by atoms with Crippen molar-refractivity contribution in [2.45, 2.75) is 30.2 Å². The molecule has 1 aliphatic heterocycles. The fourth-order valence-electron chi connectivity index (χ4n) is 2.45. The zero-order valence-corrected chi connectivity index (χ0v) is 12.1. The molecule has 6 heteroatoms. The van der Waals surface area contributed by atoms with Gasteiger partial charge in [0.15, 0.2) is 0 Å². The van der Waals surface area contributed by atoms with Gasteiger partial charge in [0, 0.05) is 18.5 Å². The SMILES string of the molecule is CNC(=O)C1CCCCN1C(=O)c1cc(S)ccc1F. The van der Waals surface area contributed by atoms with Crippen molar-refractivity contribution < 1.29 is 14.0 Å². The molecule has 1 aromatic rings. The third-order valence-electron chi connectivity index (χ3n) is 3.49. The van der Waals surface area contributed by atoms with Crippen molar-refractivity contribution in [1.82, 2.24) is 10.2 Å². The normalized spacial score (nSPS) is 18.8. The minimum Gasteiger partial charge on any atom is -0.357 e. The van der Waals surface area contributed by atoms with E-state index >= 15 is 0 Å². The van der Waals surface area contributed by atoms with Crippen LogP contribution in [0.1, 0.15) is 29.6 Å². The first-order valence-corrected chi connectivity index (χ1v) is 7.00. The van der Waals surface area contributed by atoms with E-state index in [1.54, 1.807) is 0 Å².